The van der Waals surface area contributed by atoms with Crippen molar-refractivity contribution in [2.24, 2.45) is 5.92 Å². The molecule has 0 aromatic carbocycles. The average Bonchev–Trinajstić information content (AvgIpc) is 2.57. The van der Waals surface area contributed by atoms with E-state index in [4.69, 9.17) is 4.43 Å². The number of Topliss-reactive ketones (excluding diaryl/α,β-unsaturated/α-hetero) is 1. The summed E-state index contributed by atoms with van der Waals surface area (Å²) in [4.78, 5) is 25.7. The maximum absolute atomic E-state index is 13.3. The standard InChI is InChI=1S/C25H40O3Si/c1-16(2)11-12-23(17(3)4)24-14-22(26)13-21(25(24)27)15-28-29(18(5)6,19(7)8)20(9)10/h13-14,18-20,23H,1,3,11-12,15H2,2,4-10H3/t23-/m0/s1. The van der Waals surface area contributed by atoms with Gasteiger partial charge in [0, 0.05) is 17.1 Å². The van der Waals surface area contributed by atoms with Crippen LogP contribution in [0.25, 0.3) is 0 Å². The van der Waals surface area contributed by atoms with Gasteiger partial charge in [-0.15, -0.1) is 6.58 Å². The predicted molar refractivity (Wildman–Crippen MR) is 126 cm³/mol. The van der Waals surface area contributed by atoms with Crippen LogP contribution in [0.5, 0.6) is 0 Å². The van der Waals surface area contributed by atoms with Crippen LogP contribution in [0.4, 0.5) is 0 Å². The largest absolute Gasteiger partial charge is 0.412 e. The van der Waals surface area contributed by atoms with Gasteiger partial charge < -0.3 is 4.43 Å². The van der Waals surface area contributed by atoms with Crippen molar-refractivity contribution in [1.29, 1.82) is 0 Å². The normalized spacial score (nSPS) is 16.4. The lowest BCUT2D eigenvalue weighted by Crippen LogP contribution is -2.48. The molecule has 0 aromatic heterocycles. The summed E-state index contributed by atoms with van der Waals surface area (Å²) in [7, 11) is -2.12. The van der Waals surface area contributed by atoms with E-state index in [0.29, 0.717) is 27.8 Å². The van der Waals surface area contributed by atoms with Gasteiger partial charge in [-0.25, -0.2) is 0 Å². The van der Waals surface area contributed by atoms with E-state index in [9.17, 15) is 9.59 Å². The fraction of sp³-hybridized carbons (Fsp3) is 0.600. The first kappa shape index (κ1) is 25.5. The second-order valence-corrected chi connectivity index (χ2v) is 15.0. The van der Waals surface area contributed by atoms with Crippen LogP contribution >= 0.6 is 0 Å². The van der Waals surface area contributed by atoms with Crippen molar-refractivity contribution in [2.75, 3.05) is 6.61 Å². The molecular formula is C25H40O3Si. The summed E-state index contributed by atoms with van der Waals surface area (Å²) < 4.78 is 6.59. The fourth-order valence-electron chi connectivity index (χ4n) is 4.81. The maximum Gasteiger partial charge on any atom is 0.200 e. The Hall–Kier alpha value is -1.52. The average molecular weight is 417 g/mol. The van der Waals surface area contributed by atoms with Gasteiger partial charge in [-0.3, -0.25) is 9.59 Å². The Balaban J connectivity index is 3.13. The summed E-state index contributed by atoms with van der Waals surface area (Å²) in [5.41, 5.74) is 4.26. The molecule has 3 nitrogen and oxygen atoms in total. The lowest BCUT2D eigenvalue weighted by molar-refractivity contribution is -0.116. The number of hydrogen-bond donors (Lipinski definition) is 0. The SMILES string of the molecule is C=C(C)CC[C@@H](C(=C)C)C1=CC(=O)C=C(CO[Si](C(C)C)(C(C)C)C(C)C)C1=O. The Morgan fingerprint density at radius 1 is 0.966 bits per heavy atom. The molecule has 0 heterocycles. The smallest absolute Gasteiger partial charge is 0.200 e. The number of allylic oxidation sites excluding steroid dienone is 5. The number of ketones is 2. The molecule has 0 aliphatic heterocycles. The van der Waals surface area contributed by atoms with E-state index in [1.807, 2.05) is 13.8 Å². The summed E-state index contributed by atoms with van der Waals surface area (Å²) in [6.07, 6.45) is 4.49. The molecule has 0 saturated carbocycles. The molecule has 0 fully saturated rings. The van der Waals surface area contributed by atoms with Gasteiger partial charge in [-0.05, 0) is 55.5 Å². The minimum absolute atomic E-state index is 0.0708. The van der Waals surface area contributed by atoms with Crippen molar-refractivity contribution in [3.05, 3.63) is 47.6 Å². The summed E-state index contributed by atoms with van der Waals surface area (Å²) in [6, 6.07) is 0. The Morgan fingerprint density at radius 3 is 1.90 bits per heavy atom. The van der Waals surface area contributed by atoms with Crippen molar-refractivity contribution in [3.8, 4) is 0 Å². The zero-order valence-corrected chi connectivity index (χ0v) is 20.7. The topological polar surface area (TPSA) is 43.4 Å². The molecule has 1 aliphatic rings. The monoisotopic (exact) mass is 416 g/mol. The lowest BCUT2D eigenvalue weighted by Gasteiger charge is -2.42. The fourth-order valence-corrected chi connectivity index (χ4v) is 10.2. The molecule has 29 heavy (non-hydrogen) atoms. The molecule has 4 heteroatoms. The zero-order chi connectivity index (χ0) is 22.5. The molecule has 0 spiro atoms. The molecule has 1 rings (SSSR count). The van der Waals surface area contributed by atoms with Crippen molar-refractivity contribution < 1.29 is 14.0 Å². The minimum Gasteiger partial charge on any atom is -0.412 e. The van der Waals surface area contributed by atoms with Crippen LogP contribution in [0.3, 0.4) is 0 Å². The third-order valence-electron chi connectivity index (χ3n) is 6.18. The van der Waals surface area contributed by atoms with E-state index < -0.39 is 8.32 Å². The van der Waals surface area contributed by atoms with Crippen molar-refractivity contribution in [3.63, 3.8) is 0 Å². The molecule has 1 atom stereocenters. The van der Waals surface area contributed by atoms with Crippen LogP contribution in [0.15, 0.2) is 47.6 Å². The van der Waals surface area contributed by atoms with Gasteiger partial charge in [0.15, 0.2) is 11.6 Å². The molecule has 0 saturated heterocycles. The molecule has 0 unspecified atom stereocenters. The highest BCUT2D eigenvalue weighted by atomic mass is 28.4. The van der Waals surface area contributed by atoms with Gasteiger partial charge in [-0.1, -0.05) is 59.3 Å². The summed E-state index contributed by atoms with van der Waals surface area (Å²) in [5, 5.41) is 0. The second-order valence-electron chi connectivity index (χ2n) is 9.50. The number of carbonyl (C=O) groups is 2. The highest BCUT2D eigenvalue weighted by molar-refractivity contribution is 6.77. The quantitative estimate of drug-likeness (QED) is 0.213. The van der Waals surface area contributed by atoms with Crippen molar-refractivity contribution in [1.82, 2.24) is 0 Å². The zero-order valence-electron chi connectivity index (χ0n) is 19.7. The minimum atomic E-state index is -2.12. The third-order valence-corrected chi connectivity index (χ3v) is 12.2. The Morgan fingerprint density at radius 2 is 1.48 bits per heavy atom. The van der Waals surface area contributed by atoms with Gasteiger partial charge >= 0.3 is 0 Å². The summed E-state index contributed by atoms with van der Waals surface area (Å²) in [6.45, 7) is 25.4. The molecule has 0 amide bonds. The Bertz CT molecular complexity index is 701. The van der Waals surface area contributed by atoms with E-state index >= 15 is 0 Å². The molecule has 0 radical (unpaired) electrons. The van der Waals surface area contributed by atoms with Crippen LogP contribution in [0.1, 0.15) is 68.2 Å². The maximum atomic E-state index is 13.3. The van der Waals surface area contributed by atoms with E-state index in [1.54, 1.807) is 0 Å². The third kappa shape index (κ3) is 5.99. The van der Waals surface area contributed by atoms with Gasteiger partial charge in [0.25, 0.3) is 0 Å². The van der Waals surface area contributed by atoms with Crippen LogP contribution in [-0.2, 0) is 14.0 Å². The number of carbonyl (C=O) groups excluding carboxylic acids is 2. The van der Waals surface area contributed by atoms with Gasteiger partial charge in [0.2, 0.25) is 8.32 Å². The van der Waals surface area contributed by atoms with Crippen molar-refractivity contribution >= 4 is 19.9 Å². The van der Waals surface area contributed by atoms with E-state index in [-0.39, 0.29) is 24.1 Å². The molecular weight excluding hydrogens is 376 g/mol. The summed E-state index contributed by atoms with van der Waals surface area (Å²) >= 11 is 0. The van der Waals surface area contributed by atoms with E-state index in [0.717, 1.165) is 24.0 Å². The van der Waals surface area contributed by atoms with E-state index in [2.05, 4.69) is 54.7 Å². The molecule has 0 aromatic rings. The first-order valence-corrected chi connectivity index (χ1v) is 12.9. The lowest BCUT2D eigenvalue weighted by atomic mass is 9.81. The summed E-state index contributed by atoms with van der Waals surface area (Å²) in [5.74, 6) is -0.335. The van der Waals surface area contributed by atoms with Crippen LogP contribution in [0, 0.1) is 5.92 Å². The first-order chi connectivity index (χ1) is 13.3. The van der Waals surface area contributed by atoms with Gasteiger partial charge in [0.05, 0.1) is 6.61 Å². The number of hydrogen-bond acceptors (Lipinski definition) is 3. The Labute approximate surface area is 179 Å². The van der Waals surface area contributed by atoms with Crippen LogP contribution in [0.2, 0.25) is 16.6 Å². The van der Waals surface area contributed by atoms with Crippen LogP contribution < -0.4 is 0 Å². The van der Waals surface area contributed by atoms with Crippen LogP contribution in [-0.4, -0.2) is 26.5 Å². The van der Waals surface area contributed by atoms with Gasteiger partial charge in [0.1, 0.15) is 0 Å². The van der Waals surface area contributed by atoms with Crippen molar-refractivity contribution in [2.45, 2.75) is 84.9 Å². The molecule has 0 bridgehead atoms. The van der Waals surface area contributed by atoms with E-state index in [1.165, 1.54) is 12.2 Å². The predicted octanol–water partition coefficient (Wildman–Crippen LogP) is 6.73. The van der Waals surface area contributed by atoms with Gasteiger partial charge in [-0.2, -0.15) is 0 Å². The first-order valence-electron chi connectivity index (χ1n) is 10.8. The second kappa shape index (κ2) is 10.5. The highest BCUT2D eigenvalue weighted by Gasteiger charge is 2.45. The molecule has 1 aliphatic carbocycles. The number of rotatable bonds is 11. The molecule has 0 N–H and O–H groups in total. The Kier molecular flexibility index (Phi) is 9.23. The highest BCUT2D eigenvalue weighted by Crippen LogP contribution is 2.42. The molecule has 162 valence electrons.